The summed E-state index contributed by atoms with van der Waals surface area (Å²) in [5, 5.41) is 27.1. The first kappa shape index (κ1) is 33.7. The SMILES string of the molecule is NCCO.O=C1OC(=O)c2ccc3c4c(ccc1c24)C(=O)OC3=O.O=C1c2ccc3c4c(ccc(c24)C(=O)N1CCO)C(=O)N(CCO)C3=O. The van der Waals surface area contributed by atoms with Gasteiger partial charge in [0.2, 0.25) is 0 Å². The van der Waals surface area contributed by atoms with E-state index in [-0.39, 0.29) is 99.0 Å². The summed E-state index contributed by atoms with van der Waals surface area (Å²) in [6.07, 6.45) is 0. The summed E-state index contributed by atoms with van der Waals surface area (Å²) >= 11 is 0. The van der Waals surface area contributed by atoms with E-state index in [0.717, 1.165) is 9.80 Å². The zero-order chi connectivity index (χ0) is 36.0. The Hall–Kier alpha value is -6.20. The van der Waals surface area contributed by atoms with Gasteiger partial charge in [0.25, 0.3) is 23.6 Å². The van der Waals surface area contributed by atoms with Gasteiger partial charge in [-0.1, -0.05) is 0 Å². The van der Waals surface area contributed by atoms with E-state index in [1.54, 1.807) is 0 Å². The van der Waals surface area contributed by atoms with Gasteiger partial charge in [0.15, 0.2) is 0 Å². The zero-order valence-corrected chi connectivity index (χ0v) is 25.8. The minimum absolute atomic E-state index is 0.0972. The fraction of sp³-hybridized carbons (Fsp3) is 0.176. The predicted octanol–water partition coefficient (Wildman–Crippen LogP) is 0.415. The molecule has 0 atom stereocenters. The Labute approximate surface area is 280 Å². The van der Waals surface area contributed by atoms with E-state index in [2.05, 4.69) is 9.47 Å². The lowest BCUT2D eigenvalue weighted by Gasteiger charge is -2.31. The molecule has 0 aromatic heterocycles. The second-order valence-electron chi connectivity index (χ2n) is 11.0. The number of ether oxygens (including phenoxy) is 2. The minimum atomic E-state index is -0.794. The van der Waals surface area contributed by atoms with Crippen molar-refractivity contribution in [2.45, 2.75) is 0 Å². The molecule has 16 heteroatoms. The highest BCUT2D eigenvalue weighted by molar-refractivity contribution is 6.33. The molecule has 0 saturated carbocycles. The van der Waals surface area contributed by atoms with Crippen LogP contribution in [0.15, 0.2) is 48.5 Å². The van der Waals surface area contributed by atoms with E-state index in [9.17, 15) is 38.4 Å². The highest BCUT2D eigenvalue weighted by atomic mass is 16.6. The third-order valence-corrected chi connectivity index (χ3v) is 8.25. The van der Waals surface area contributed by atoms with Gasteiger partial charge in [-0.25, -0.2) is 19.2 Å². The molecule has 0 aliphatic carbocycles. The number of amides is 4. The molecule has 254 valence electrons. The van der Waals surface area contributed by atoms with E-state index >= 15 is 0 Å². The largest absolute Gasteiger partial charge is 0.395 e. The average Bonchev–Trinajstić information content (AvgIpc) is 3.11. The fourth-order valence-corrected chi connectivity index (χ4v) is 6.14. The van der Waals surface area contributed by atoms with Crippen LogP contribution in [-0.4, -0.2) is 112 Å². The van der Waals surface area contributed by atoms with Gasteiger partial charge < -0.3 is 30.5 Å². The van der Waals surface area contributed by atoms with E-state index in [0.29, 0.717) is 6.54 Å². The Morgan fingerprint density at radius 1 is 0.420 bits per heavy atom. The summed E-state index contributed by atoms with van der Waals surface area (Å²) in [5.74, 6) is -5.46. The van der Waals surface area contributed by atoms with Crippen molar-refractivity contribution in [3.05, 3.63) is 93.0 Å². The number of esters is 4. The fourth-order valence-electron chi connectivity index (χ4n) is 6.14. The highest BCUT2D eigenvalue weighted by Crippen LogP contribution is 2.38. The Bertz CT molecular complexity index is 1950. The number of carbonyl (C=O) groups is 8. The van der Waals surface area contributed by atoms with Gasteiger partial charge in [0.1, 0.15) is 0 Å². The Balaban J connectivity index is 0.000000160. The van der Waals surface area contributed by atoms with E-state index in [4.69, 9.17) is 21.1 Å². The first-order valence-corrected chi connectivity index (χ1v) is 15.0. The van der Waals surface area contributed by atoms with Crippen LogP contribution >= 0.6 is 0 Å². The van der Waals surface area contributed by atoms with Crippen molar-refractivity contribution in [1.29, 1.82) is 0 Å². The maximum absolute atomic E-state index is 12.6. The standard InChI is InChI=1S/C18H14N2O6.C14H4O6.C2H7NO/c21-7-5-19-15(23)9-1-2-10-14-12(4-3-11(13(9)14)17(19)25)18(26)20(6-8-22)16(10)24;15-11-5-1-2-6-10-8(14(18)20-12(6)16)4-3-7(9(5)10)13(17)19-11;3-1-2-4/h1-4,21-22H,5-8H2;1-4H;4H,1-3H2. The molecule has 0 unspecified atom stereocenters. The number of rotatable bonds is 5. The van der Waals surface area contributed by atoms with Gasteiger partial charge in [-0.3, -0.25) is 29.0 Å². The molecular formula is C34H25N3O13. The summed E-state index contributed by atoms with van der Waals surface area (Å²) in [7, 11) is 0. The van der Waals surface area contributed by atoms with Crippen LogP contribution in [0.3, 0.4) is 0 Å². The molecule has 0 spiro atoms. The predicted molar refractivity (Wildman–Crippen MR) is 168 cm³/mol. The van der Waals surface area contributed by atoms with Crippen LogP contribution < -0.4 is 5.73 Å². The molecule has 4 amide bonds. The summed E-state index contributed by atoms with van der Waals surface area (Å²) in [6.45, 7) is -0.521. The number of aliphatic hydroxyl groups excluding tert-OH is 3. The number of nitrogens with two attached hydrogens (primary N) is 1. The van der Waals surface area contributed by atoms with Gasteiger partial charge in [-0.05, 0) is 48.5 Å². The van der Waals surface area contributed by atoms with Crippen LogP contribution in [-0.2, 0) is 9.47 Å². The smallest absolute Gasteiger partial charge is 0.346 e. The zero-order valence-electron chi connectivity index (χ0n) is 25.8. The minimum Gasteiger partial charge on any atom is -0.395 e. The van der Waals surface area contributed by atoms with Crippen molar-refractivity contribution in [3.8, 4) is 0 Å². The number of hydrogen-bond donors (Lipinski definition) is 4. The number of nitrogens with zero attached hydrogens (tertiary/aromatic N) is 2. The molecule has 5 N–H and O–H groups in total. The highest BCUT2D eigenvalue weighted by Gasteiger charge is 2.39. The quantitative estimate of drug-likeness (QED) is 0.126. The lowest BCUT2D eigenvalue weighted by atomic mass is 9.86. The molecule has 16 nitrogen and oxygen atoms in total. The maximum Gasteiger partial charge on any atom is 0.346 e. The summed E-state index contributed by atoms with van der Waals surface area (Å²) in [6, 6.07) is 11.4. The Morgan fingerprint density at radius 2 is 0.640 bits per heavy atom. The normalized spacial score (nSPS) is 15.4. The molecule has 0 fully saturated rings. The van der Waals surface area contributed by atoms with Crippen LogP contribution in [0.25, 0.3) is 21.5 Å². The second-order valence-corrected chi connectivity index (χ2v) is 11.0. The average molecular weight is 684 g/mol. The van der Waals surface area contributed by atoms with Crippen LogP contribution in [0.1, 0.15) is 82.9 Å². The first-order chi connectivity index (χ1) is 24.0. The molecule has 8 rings (SSSR count). The number of hydrogen-bond acceptors (Lipinski definition) is 14. The van der Waals surface area contributed by atoms with Crippen LogP contribution in [0, 0.1) is 0 Å². The van der Waals surface area contributed by atoms with Crippen LogP contribution in [0.5, 0.6) is 0 Å². The number of cyclic esters (lactones) is 4. The van der Waals surface area contributed by atoms with Gasteiger partial charge in [-0.2, -0.15) is 0 Å². The third kappa shape index (κ3) is 5.10. The van der Waals surface area contributed by atoms with Crippen molar-refractivity contribution in [3.63, 3.8) is 0 Å². The molecule has 0 saturated heterocycles. The third-order valence-electron chi connectivity index (χ3n) is 8.25. The van der Waals surface area contributed by atoms with Gasteiger partial charge in [0.05, 0.1) is 55.2 Å². The lowest BCUT2D eigenvalue weighted by molar-refractivity contribution is 0.0366. The monoisotopic (exact) mass is 683 g/mol. The Morgan fingerprint density at radius 3 is 0.860 bits per heavy atom. The summed E-state index contributed by atoms with van der Waals surface area (Å²) < 4.78 is 9.22. The second kappa shape index (κ2) is 13.0. The Kier molecular flexibility index (Phi) is 8.77. The summed E-state index contributed by atoms with van der Waals surface area (Å²) in [5.41, 5.74) is 6.25. The van der Waals surface area contributed by atoms with Crippen LogP contribution in [0.2, 0.25) is 0 Å². The molecule has 4 aromatic rings. The van der Waals surface area contributed by atoms with Gasteiger partial charge >= 0.3 is 23.9 Å². The number of aliphatic hydroxyl groups is 3. The van der Waals surface area contributed by atoms with E-state index in [1.165, 1.54) is 48.5 Å². The topological polar surface area (TPSA) is 248 Å². The first-order valence-electron chi connectivity index (χ1n) is 15.0. The van der Waals surface area contributed by atoms with Crippen molar-refractivity contribution in [2.75, 3.05) is 39.5 Å². The molecule has 4 aliphatic rings. The van der Waals surface area contributed by atoms with Crippen molar-refractivity contribution in [1.82, 2.24) is 9.80 Å². The molecule has 0 radical (unpaired) electrons. The number of carbonyl (C=O) groups excluding carboxylic acids is 8. The number of β-amino-alcohol motifs (C(OH)–C–C–N with tert-alkyl or cyclic N) is 2. The van der Waals surface area contributed by atoms with E-state index < -0.39 is 47.5 Å². The number of imide groups is 2. The molecule has 4 aromatic carbocycles. The van der Waals surface area contributed by atoms with Gasteiger partial charge in [0, 0.05) is 50.3 Å². The number of benzene rings is 4. The lowest BCUT2D eigenvalue weighted by Crippen LogP contribution is -2.44. The van der Waals surface area contributed by atoms with Crippen LogP contribution in [0.4, 0.5) is 0 Å². The van der Waals surface area contributed by atoms with Crippen molar-refractivity contribution < 1.29 is 63.1 Å². The summed E-state index contributed by atoms with van der Waals surface area (Å²) in [4.78, 5) is 99.4. The molecule has 50 heavy (non-hydrogen) atoms. The maximum atomic E-state index is 12.6. The molecule has 0 bridgehead atoms. The molecular weight excluding hydrogens is 658 g/mol. The van der Waals surface area contributed by atoms with E-state index in [1.807, 2.05) is 0 Å². The van der Waals surface area contributed by atoms with Gasteiger partial charge in [-0.15, -0.1) is 0 Å². The molecule has 4 heterocycles. The van der Waals surface area contributed by atoms with Crippen molar-refractivity contribution >= 4 is 69.1 Å². The van der Waals surface area contributed by atoms with Crippen molar-refractivity contribution in [2.24, 2.45) is 5.73 Å². The molecule has 4 aliphatic heterocycles.